The Morgan fingerprint density at radius 1 is 1.29 bits per heavy atom. The van der Waals surface area contributed by atoms with E-state index >= 15 is 0 Å². The Hall–Kier alpha value is -0.620. The molecule has 2 fully saturated rings. The molecule has 0 aromatic heterocycles. The van der Waals surface area contributed by atoms with Crippen LogP contribution < -0.4 is 5.73 Å². The molecule has 6 heteroatoms. The van der Waals surface area contributed by atoms with Gasteiger partial charge < -0.3 is 5.73 Å². The Labute approximate surface area is 131 Å². The van der Waals surface area contributed by atoms with Crippen LogP contribution in [-0.4, -0.2) is 31.9 Å². The number of rotatable bonds is 2. The van der Waals surface area contributed by atoms with Crippen molar-refractivity contribution in [3.05, 3.63) is 28.8 Å². The number of hydrogen-bond acceptors (Lipinski definition) is 3. The molecule has 3 atom stereocenters. The quantitative estimate of drug-likeness (QED) is 0.906. The Morgan fingerprint density at radius 2 is 2.05 bits per heavy atom. The minimum absolute atomic E-state index is 0.123. The van der Waals surface area contributed by atoms with Gasteiger partial charge in [0.25, 0.3) is 0 Å². The van der Waals surface area contributed by atoms with Gasteiger partial charge in [-0.25, -0.2) is 8.42 Å². The maximum atomic E-state index is 12.8. The lowest BCUT2D eigenvalue weighted by atomic mass is 9.78. The second-order valence-electron chi connectivity index (χ2n) is 6.27. The van der Waals surface area contributed by atoms with Gasteiger partial charge in [-0.05, 0) is 49.3 Å². The summed E-state index contributed by atoms with van der Waals surface area (Å²) in [5.41, 5.74) is 7.12. The molecule has 2 aliphatic rings. The molecule has 1 saturated heterocycles. The number of nitrogens with two attached hydrogens (primary N) is 1. The third kappa shape index (κ3) is 2.72. The van der Waals surface area contributed by atoms with Crippen LogP contribution >= 0.6 is 11.6 Å². The summed E-state index contributed by atoms with van der Waals surface area (Å²) in [4.78, 5) is 0.210. The first-order chi connectivity index (χ1) is 9.89. The third-order valence-corrected chi connectivity index (χ3v) is 7.14. The highest BCUT2D eigenvalue weighted by atomic mass is 35.5. The van der Waals surface area contributed by atoms with Gasteiger partial charge in [-0.2, -0.15) is 4.31 Å². The number of halogens is 1. The molecule has 0 spiro atoms. The largest absolute Gasteiger partial charge is 0.327 e. The standard InChI is InChI=1S/C15H21ClN2O2S/c1-10-5-6-15(13(16)7-10)21(19,20)18-8-11-3-2-4-14(17)12(11)9-18/h5-7,11-12,14H,2-4,8-9,17H2,1H3. The number of fused-ring (bicyclic) bond motifs is 1. The minimum Gasteiger partial charge on any atom is -0.327 e. The van der Waals surface area contributed by atoms with Crippen LogP contribution in [0.1, 0.15) is 24.8 Å². The average molecular weight is 329 g/mol. The van der Waals surface area contributed by atoms with Gasteiger partial charge in [-0.1, -0.05) is 24.1 Å². The molecule has 1 aliphatic carbocycles. The van der Waals surface area contributed by atoms with Gasteiger partial charge in [0.15, 0.2) is 0 Å². The maximum Gasteiger partial charge on any atom is 0.244 e. The number of hydrogen-bond donors (Lipinski definition) is 1. The Morgan fingerprint density at radius 3 is 2.71 bits per heavy atom. The topological polar surface area (TPSA) is 63.4 Å². The third-order valence-electron chi connectivity index (χ3n) is 4.83. The summed E-state index contributed by atoms with van der Waals surface area (Å²) in [5, 5.41) is 0.300. The summed E-state index contributed by atoms with van der Waals surface area (Å²) >= 11 is 6.14. The number of nitrogens with zero attached hydrogens (tertiary/aromatic N) is 1. The molecule has 1 saturated carbocycles. The van der Waals surface area contributed by atoms with Crippen molar-refractivity contribution in [1.29, 1.82) is 0 Å². The van der Waals surface area contributed by atoms with E-state index < -0.39 is 10.0 Å². The van der Waals surface area contributed by atoms with E-state index in [1.807, 2.05) is 6.92 Å². The smallest absolute Gasteiger partial charge is 0.244 e. The molecule has 1 heterocycles. The van der Waals surface area contributed by atoms with Crippen LogP contribution in [0.4, 0.5) is 0 Å². The first-order valence-corrected chi connectivity index (χ1v) is 9.23. The molecule has 1 aliphatic heterocycles. The fourth-order valence-corrected chi connectivity index (χ4v) is 5.73. The van der Waals surface area contributed by atoms with Crippen LogP contribution in [0.25, 0.3) is 0 Å². The lowest BCUT2D eigenvalue weighted by Crippen LogP contribution is -2.38. The van der Waals surface area contributed by atoms with E-state index in [2.05, 4.69) is 0 Å². The van der Waals surface area contributed by atoms with Crippen molar-refractivity contribution in [1.82, 2.24) is 4.31 Å². The Bertz CT molecular complexity index is 647. The molecule has 3 rings (SSSR count). The fourth-order valence-electron chi connectivity index (χ4n) is 3.63. The molecule has 1 aromatic carbocycles. The average Bonchev–Trinajstić information content (AvgIpc) is 2.84. The number of aryl methyl sites for hydroxylation is 1. The van der Waals surface area contributed by atoms with Gasteiger partial charge in [0, 0.05) is 19.1 Å². The van der Waals surface area contributed by atoms with Gasteiger partial charge >= 0.3 is 0 Å². The predicted octanol–water partition coefficient (Wildman–Crippen LogP) is 2.40. The van der Waals surface area contributed by atoms with E-state index in [0.717, 1.165) is 24.8 Å². The highest BCUT2D eigenvalue weighted by Gasteiger charge is 2.43. The van der Waals surface area contributed by atoms with Crippen molar-refractivity contribution >= 4 is 21.6 Å². The highest BCUT2D eigenvalue weighted by molar-refractivity contribution is 7.89. The van der Waals surface area contributed by atoms with Crippen LogP contribution in [-0.2, 0) is 10.0 Å². The first-order valence-electron chi connectivity index (χ1n) is 7.41. The summed E-state index contributed by atoms with van der Waals surface area (Å²) in [6.07, 6.45) is 3.17. The Balaban J connectivity index is 1.89. The predicted molar refractivity (Wildman–Crippen MR) is 83.8 cm³/mol. The van der Waals surface area contributed by atoms with E-state index in [0.29, 0.717) is 24.0 Å². The maximum absolute atomic E-state index is 12.8. The highest BCUT2D eigenvalue weighted by Crippen LogP contribution is 2.38. The molecule has 3 unspecified atom stereocenters. The van der Waals surface area contributed by atoms with Crippen LogP contribution in [0.15, 0.2) is 23.1 Å². The molecule has 2 N–H and O–H groups in total. The van der Waals surface area contributed by atoms with Gasteiger partial charge in [-0.15, -0.1) is 0 Å². The molecule has 4 nitrogen and oxygen atoms in total. The zero-order chi connectivity index (χ0) is 15.2. The van der Waals surface area contributed by atoms with Crippen molar-refractivity contribution in [3.63, 3.8) is 0 Å². The molecule has 116 valence electrons. The zero-order valence-corrected chi connectivity index (χ0v) is 13.7. The Kier molecular flexibility index (Phi) is 4.03. The van der Waals surface area contributed by atoms with E-state index in [1.165, 1.54) is 0 Å². The number of benzene rings is 1. The summed E-state index contributed by atoms with van der Waals surface area (Å²) in [6.45, 7) is 3.00. The lowest BCUT2D eigenvalue weighted by molar-refractivity contribution is 0.260. The fraction of sp³-hybridized carbons (Fsp3) is 0.600. The summed E-state index contributed by atoms with van der Waals surface area (Å²) in [6, 6.07) is 5.21. The van der Waals surface area contributed by atoms with Gasteiger partial charge in [0.05, 0.1) is 5.02 Å². The molecular formula is C15H21ClN2O2S. The minimum atomic E-state index is -3.52. The summed E-state index contributed by atoms with van der Waals surface area (Å²) in [5.74, 6) is 0.686. The van der Waals surface area contributed by atoms with Gasteiger partial charge in [0.1, 0.15) is 4.90 Å². The van der Waals surface area contributed by atoms with Crippen molar-refractivity contribution in [2.45, 2.75) is 37.1 Å². The second kappa shape index (κ2) is 5.54. The molecule has 21 heavy (non-hydrogen) atoms. The van der Waals surface area contributed by atoms with E-state index in [1.54, 1.807) is 22.5 Å². The van der Waals surface area contributed by atoms with E-state index in [4.69, 9.17) is 17.3 Å². The molecule has 0 radical (unpaired) electrons. The molecule has 0 amide bonds. The lowest BCUT2D eigenvalue weighted by Gasteiger charge is -2.29. The second-order valence-corrected chi connectivity index (χ2v) is 8.59. The summed E-state index contributed by atoms with van der Waals surface area (Å²) < 4.78 is 27.2. The van der Waals surface area contributed by atoms with E-state index in [9.17, 15) is 8.42 Å². The number of sulfonamides is 1. The summed E-state index contributed by atoms with van der Waals surface area (Å²) in [7, 11) is -3.52. The molecular weight excluding hydrogens is 308 g/mol. The molecule has 1 aromatic rings. The first kappa shape index (κ1) is 15.3. The van der Waals surface area contributed by atoms with Crippen LogP contribution in [0.2, 0.25) is 5.02 Å². The normalized spacial score (nSPS) is 30.3. The van der Waals surface area contributed by atoms with Crippen molar-refractivity contribution in [2.75, 3.05) is 13.1 Å². The van der Waals surface area contributed by atoms with Crippen LogP contribution in [0.5, 0.6) is 0 Å². The monoisotopic (exact) mass is 328 g/mol. The van der Waals surface area contributed by atoms with Crippen molar-refractivity contribution < 1.29 is 8.42 Å². The zero-order valence-electron chi connectivity index (χ0n) is 12.1. The SMILES string of the molecule is Cc1ccc(S(=O)(=O)N2CC3CCCC(N)C3C2)c(Cl)c1. The van der Waals surface area contributed by atoms with Crippen molar-refractivity contribution in [3.8, 4) is 0 Å². The molecule has 0 bridgehead atoms. The van der Waals surface area contributed by atoms with E-state index in [-0.39, 0.29) is 16.9 Å². The van der Waals surface area contributed by atoms with Crippen LogP contribution in [0.3, 0.4) is 0 Å². The van der Waals surface area contributed by atoms with Crippen molar-refractivity contribution in [2.24, 2.45) is 17.6 Å². The van der Waals surface area contributed by atoms with Gasteiger partial charge in [-0.3, -0.25) is 0 Å². The van der Waals surface area contributed by atoms with Crippen LogP contribution in [0, 0.1) is 18.8 Å². The van der Waals surface area contributed by atoms with Gasteiger partial charge in [0.2, 0.25) is 10.0 Å².